The number of hydrogen-bond acceptors (Lipinski definition) is 3. The van der Waals surface area contributed by atoms with Crippen LogP contribution < -0.4 is 20.7 Å². The molecule has 126 valence electrons. The number of carbonyl (C=O) groups excluding carboxylic acids is 2. The Morgan fingerprint density at radius 3 is 2.46 bits per heavy atom. The first-order valence-electron chi connectivity index (χ1n) is 7.23. The summed E-state index contributed by atoms with van der Waals surface area (Å²) in [6.07, 6.45) is 0. The molecule has 3 amide bonds. The molecule has 0 bridgehead atoms. The molecule has 0 saturated heterocycles. The van der Waals surface area contributed by atoms with E-state index in [0.717, 1.165) is 5.56 Å². The van der Waals surface area contributed by atoms with Crippen LogP contribution in [0.2, 0.25) is 0 Å². The molecule has 2 aromatic carbocycles. The quantitative estimate of drug-likeness (QED) is 0.788. The molecule has 0 fully saturated rings. The van der Waals surface area contributed by atoms with Crippen LogP contribution in [-0.2, 0) is 6.54 Å². The average Bonchev–Trinajstić information content (AvgIpc) is 2.61. The lowest BCUT2D eigenvalue weighted by molar-refractivity contribution is 0.0963. The van der Waals surface area contributed by atoms with Gasteiger partial charge in [0.05, 0.1) is 12.8 Å². The summed E-state index contributed by atoms with van der Waals surface area (Å²) in [5, 5.41) is 7.80. The predicted octanol–water partition coefficient (Wildman–Crippen LogP) is 2.52. The molecule has 0 saturated carbocycles. The van der Waals surface area contributed by atoms with Gasteiger partial charge in [0.15, 0.2) is 0 Å². The molecule has 0 unspecified atom stereocenters. The number of hydrogen-bond donors (Lipinski definition) is 3. The van der Waals surface area contributed by atoms with E-state index in [1.54, 1.807) is 31.3 Å². The minimum absolute atomic E-state index is 0.171. The zero-order valence-electron chi connectivity index (χ0n) is 13.4. The summed E-state index contributed by atoms with van der Waals surface area (Å²) >= 11 is 0. The van der Waals surface area contributed by atoms with Crippen LogP contribution in [0.3, 0.4) is 0 Å². The van der Waals surface area contributed by atoms with Crippen LogP contribution in [0.5, 0.6) is 5.75 Å². The van der Waals surface area contributed by atoms with Crippen LogP contribution >= 0.6 is 0 Å². The first-order valence-corrected chi connectivity index (χ1v) is 7.23. The number of urea groups is 1. The Kier molecular flexibility index (Phi) is 5.73. The summed E-state index contributed by atoms with van der Waals surface area (Å²) in [6, 6.07) is 10.3. The lowest BCUT2D eigenvalue weighted by atomic mass is 10.1. The molecule has 6 nitrogen and oxygen atoms in total. The topological polar surface area (TPSA) is 79.5 Å². The van der Waals surface area contributed by atoms with Crippen molar-refractivity contribution in [2.75, 3.05) is 19.5 Å². The van der Waals surface area contributed by atoms with Crippen molar-refractivity contribution in [2.45, 2.75) is 6.54 Å². The van der Waals surface area contributed by atoms with E-state index in [-0.39, 0.29) is 18.2 Å². The van der Waals surface area contributed by atoms with Crippen molar-refractivity contribution in [1.29, 1.82) is 0 Å². The summed E-state index contributed by atoms with van der Waals surface area (Å²) in [5.74, 6) is -0.384. The molecule has 0 heterocycles. The van der Waals surface area contributed by atoms with Crippen molar-refractivity contribution in [2.24, 2.45) is 0 Å². The number of carbonyl (C=O) groups is 2. The fraction of sp³-hybridized carbons (Fsp3) is 0.176. The van der Waals surface area contributed by atoms with Gasteiger partial charge < -0.3 is 20.7 Å². The van der Waals surface area contributed by atoms with Crippen molar-refractivity contribution in [3.8, 4) is 5.75 Å². The fourth-order valence-electron chi connectivity index (χ4n) is 2.04. The zero-order chi connectivity index (χ0) is 17.5. The molecule has 0 aromatic heterocycles. The van der Waals surface area contributed by atoms with Gasteiger partial charge in [-0.25, -0.2) is 9.18 Å². The number of rotatable bonds is 5. The second-order valence-electron chi connectivity index (χ2n) is 4.93. The lowest BCUT2D eigenvalue weighted by Gasteiger charge is -2.11. The number of nitrogens with one attached hydrogen (secondary N) is 3. The van der Waals surface area contributed by atoms with Crippen molar-refractivity contribution in [1.82, 2.24) is 10.6 Å². The summed E-state index contributed by atoms with van der Waals surface area (Å²) in [4.78, 5) is 23.4. The van der Waals surface area contributed by atoms with Crippen molar-refractivity contribution in [3.63, 3.8) is 0 Å². The minimum Gasteiger partial charge on any atom is -0.494 e. The van der Waals surface area contributed by atoms with Crippen molar-refractivity contribution >= 4 is 17.6 Å². The first-order chi connectivity index (χ1) is 11.5. The zero-order valence-corrected chi connectivity index (χ0v) is 13.4. The van der Waals surface area contributed by atoms with Crippen LogP contribution in [0.15, 0.2) is 42.5 Å². The number of anilines is 1. The molecule has 0 radical (unpaired) electrons. The summed E-state index contributed by atoms with van der Waals surface area (Å²) in [7, 11) is 2.96. The Bertz CT molecular complexity index is 732. The molecule has 0 aliphatic carbocycles. The van der Waals surface area contributed by atoms with Gasteiger partial charge in [0.1, 0.15) is 11.6 Å². The summed E-state index contributed by atoms with van der Waals surface area (Å²) in [6.45, 7) is 0.281. The molecule has 24 heavy (non-hydrogen) atoms. The standard InChI is InChI=1S/C17H18FN3O3/c1-19-16(22)12-5-3-11(4-6-12)10-20-17(23)21-14-8-7-13(18)9-15(14)24-2/h3-9H,10H2,1-2H3,(H,19,22)(H2,20,21,23). The van der Waals surface area contributed by atoms with Gasteiger partial charge in [0.25, 0.3) is 5.91 Å². The van der Waals surface area contributed by atoms with Gasteiger partial charge >= 0.3 is 6.03 Å². The molecule has 2 aromatic rings. The van der Waals surface area contributed by atoms with E-state index in [0.29, 0.717) is 11.3 Å². The lowest BCUT2D eigenvalue weighted by Crippen LogP contribution is -2.28. The Labute approximate surface area is 139 Å². The Hall–Kier alpha value is -3.09. The molecule has 0 atom stereocenters. The van der Waals surface area contributed by atoms with Gasteiger partial charge in [-0.05, 0) is 29.8 Å². The largest absolute Gasteiger partial charge is 0.494 e. The molecule has 2 rings (SSSR count). The fourth-order valence-corrected chi connectivity index (χ4v) is 2.04. The van der Waals surface area contributed by atoms with Gasteiger partial charge in [0.2, 0.25) is 0 Å². The SMILES string of the molecule is CNC(=O)c1ccc(CNC(=O)Nc2ccc(F)cc2OC)cc1. The highest BCUT2D eigenvalue weighted by molar-refractivity contribution is 5.94. The molecule has 3 N–H and O–H groups in total. The van der Waals surface area contributed by atoms with Crippen molar-refractivity contribution < 1.29 is 18.7 Å². The van der Waals surface area contributed by atoms with Crippen LogP contribution in [0.1, 0.15) is 15.9 Å². The monoisotopic (exact) mass is 331 g/mol. The third-order valence-corrected chi connectivity index (χ3v) is 3.31. The number of halogens is 1. The van der Waals surface area contributed by atoms with E-state index >= 15 is 0 Å². The first kappa shape index (κ1) is 17.3. The van der Waals surface area contributed by atoms with Gasteiger partial charge in [-0.2, -0.15) is 0 Å². The Balaban J connectivity index is 1.92. The molecule has 0 aliphatic rings. The van der Waals surface area contributed by atoms with E-state index in [1.807, 2.05) is 0 Å². The third-order valence-electron chi connectivity index (χ3n) is 3.31. The number of ether oxygens (including phenoxy) is 1. The Morgan fingerprint density at radius 2 is 1.83 bits per heavy atom. The highest BCUT2D eigenvalue weighted by Crippen LogP contribution is 2.24. The molecular formula is C17H18FN3O3. The maximum absolute atomic E-state index is 13.1. The minimum atomic E-state index is -0.450. The molecule has 0 spiro atoms. The van der Waals surface area contributed by atoms with Gasteiger partial charge in [-0.1, -0.05) is 12.1 Å². The number of methoxy groups -OCH3 is 1. The van der Waals surface area contributed by atoms with E-state index in [9.17, 15) is 14.0 Å². The average molecular weight is 331 g/mol. The smallest absolute Gasteiger partial charge is 0.319 e. The predicted molar refractivity (Wildman–Crippen MR) is 88.6 cm³/mol. The summed E-state index contributed by atoms with van der Waals surface area (Å²) < 4.78 is 18.1. The van der Waals surface area contributed by atoms with Crippen LogP contribution in [0.25, 0.3) is 0 Å². The normalized spacial score (nSPS) is 9.96. The highest BCUT2D eigenvalue weighted by atomic mass is 19.1. The van der Waals surface area contributed by atoms with Crippen LogP contribution in [0.4, 0.5) is 14.9 Å². The second-order valence-corrected chi connectivity index (χ2v) is 4.93. The molecule has 0 aliphatic heterocycles. The summed E-state index contributed by atoms with van der Waals surface area (Å²) in [5.41, 5.74) is 1.75. The number of benzene rings is 2. The maximum atomic E-state index is 13.1. The molecular weight excluding hydrogens is 313 g/mol. The van der Waals surface area contributed by atoms with Gasteiger partial charge in [0, 0.05) is 25.2 Å². The van der Waals surface area contributed by atoms with E-state index in [2.05, 4.69) is 16.0 Å². The van der Waals surface area contributed by atoms with E-state index in [1.165, 1.54) is 25.3 Å². The Morgan fingerprint density at radius 1 is 1.12 bits per heavy atom. The van der Waals surface area contributed by atoms with Crippen LogP contribution in [-0.4, -0.2) is 26.1 Å². The number of amides is 3. The highest BCUT2D eigenvalue weighted by Gasteiger charge is 2.08. The maximum Gasteiger partial charge on any atom is 0.319 e. The van der Waals surface area contributed by atoms with E-state index < -0.39 is 11.8 Å². The third kappa shape index (κ3) is 4.45. The van der Waals surface area contributed by atoms with Gasteiger partial charge in [-0.3, -0.25) is 4.79 Å². The van der Waals surface area contributed by atoms with E-state index in [4.69, 9.17) is 4.74 Å². The van der Waals surface area contributed by atoms with Crippen molar-refractivity contribution in [3.05, 3.63) is 59.4 Å². The second kappa shape index (κ2) is 7.96. The van der Waals surface area contributed by atoms with Crippen LogP contribution in [0, 0.1) is 5.82 Å². The molecule has 7 heteroatoms. The van der Waals surface area contributed by atoms with Gasteiger partial charge in [-0.15, -0.1) is 0 Å².